The molecule has 202 valence electrons. The Labute approximate surface area is 225 Å². The normalized spacial score (nSPS) is 13.8. The zero-order chi connectivity index (χ0) is 27.6. The molecule has 0 atom stereocenters. The lowest BCUT2D eigenvalue weighted by Gasteiger charge is -2.28. The van der Waals surface area contributed by atoms with E-state index in [0.717, 1.165) is 50.2 Å². The lowest BCUT2D eigenvalue weighted by molar-refractivity contribution is -0.137. The van der Waals surface area contributed by atoms with Crippen LogP contribution < -0.4 is 25.6 Å². The van der Waals surface area contributed by atoms with Crippen molar-refractivity contribution >= 4 is 45.9 Å². The maximum Gasteiger partial charge on any atom is 0.417 e. The molecule has 0 radical (unpaired) electrons. The number of nitrogens with zero attached hydrogens (tertiary/aromatic N) is 3. The number of alkyl halides is 3. The second-order valence-electron chi connectivity index (χ2n) is 8.63. The molecular formula is C26H21ClF4N6O2. The highest BCUT2D eigenvalue weighted by molar-refractivity contribution is 6.31. The van der Waals surface area contributed by atoms with E-state index in [4.69, 9.17) is 16.3 Å². The summed E-state index contributed by atoms with van der Waals surface area (Å²) in [6.45, 7) is 3.30. The van der Waals surface area contributed by atoms with Crippen molar-refractivity contribution in [2.75, 3.05) is 41.7 Å². The summed E-state index contributed by atoms with van der Waals surface area (Å²) >= 11 is 5.61. The lowest BCUT2D eigenvalue weighted by atomic mass is 10.2. The number of benzene rings is 3. The Morgan fingerprint density at radius 3 is 2.44 bits per heavy atom. The molecule has 0 bridgehead atoms. The minimum atomic E-state index is -4.69. The molecule has 1 aromatic heterocycles. The fourth-order valence-electron chi connectivity index (χ4n) is 3.99. The number of aromatic nitrogens is 2. The van der Waals surface area contributed by atoms with Crippen molar-refractivity contribution in [1.29, 1.82) is 0 Å². The number of piperazine rings is 1. The van der Waals surface area contributed by atoms with Crippen molar-refractivity contribution in [3.8, 4) is 11.5 Å². The molecule has 3 aromatic carbocycles. The predicted octanol–water partition coefficient (Wildman–Crippen LogP) is 6.29. The molecule has 1 saturated heterocycles. The first kappa shape index (κ1) is 26.4. The van der Waals surface area contributed by atoms with Crippen molar-refractivity contribution in [1.82, 2.24) is 15.3 Å². The first-order valence-corrected chi connectivity index (χ1v) is 12.2. The van der Waals surface area contributed by atoms with Crippen LogP contribution in [0.3, 0.4) is 0 Å². The van der Waals surface area contributed by atoms with Crippen LogP contribution in [0.5, 0.6) is 11.5 Å². The first-order chi connectivity index (χ1) is 18.7. The third kappa shape index (κ3) is 6.29. The lowest BCUT2D eigenvalue weighted by Crippen LogP contribution is -2.43. The van der Waals surface area contributed by atoms with Crippen LogP contribution in [-0.4, -0.2) is 42.2 Å². The second-order valence-corrected chi connectivity index (χ2v) is 9.04. The highest BCUT2D eigenvalue weighted by atomic mass is 35.5. The number of carbonyl (C=O) groups excluding carboxylic acids is 1. The van der Waals surface area contributed by atoms with Gasteiger partial charge in [-0.25, -0.2) is 14.2 Å². The highest BCUT2D eigenvalue weighted by Gasteiger charge is 2.33. The number of fused-ring (bicyclic) bond motifs is 1. The third-order valence-corrected chi connectivity index (χ3v) is 6.22. The van der Waals surface area contributed by atoms with Crippen LogP contribution in [0, 0.1) is 5.82 Å². The Morgan fingerprint density at radius 2 is 1.69 bits per heavy atom. The van der Waals surface area contributed by atoms with Crippen molar-refractivity contribution < 1.29 is 27.1 Å². The molecular weight excluding hydrogens is 540 g/mol. The number of anilines is 3. The molecule has 1 aliphatic rings. The van der Waals surface area contributed by atoms with E-state index < -0.39 is 28.6 Å². The quantitative estimate of drug-likeness (QED) is 0.249. The summed E-state index contributed by atoms with van der Waals surface area (Å²) in [7, 11) is 0. The second kappa shape index (κ2) is 10.9. The number of hydrogen-bond acceptors (Lipinski definition) is 6. The Kier molecular flexibility index (Phi) is 7.40. The smallest absolute Gasteiger partial charge is 0.417 e. The number of rotatable bonds is 5. The van der Waals surface area contributed by atoms with E-state index in [2.05, 4.69) is 30.8 Å². The topological polar surface area (TPSA) is 91.4 Å². The summed E-state index contributed by atoms with van der Waals surface area (Å²) in [5, 5.41) is 7.53. The van der Waals surface area contributed by atoms with Gasteiger partial charge in [0.25, 0.3) is 0 Å². The van der Waals surface area contributed by atoms with Gasteiger partial charge >= 0.3 is 12.2 Å². The van der Waals surface area contributed by atoms with E-state index in [1.807, 2.05) is 0 Å². The standard InChI is InChI=1S/C26H21ClF4N6O2/c27-19-4-1-15(11-18(19)26(29,30)31)34-25(38)35-16-2-5-20(28)23(12-16)39-17-3-6-21-22(13-17)36-24(14-33-21)37-9-7-32-8-10-37/h1-6,11-14,32H,7-10H2,(H2,34,35,38). The van der Waals surface area contributed by atoms with Gasteiger partial charge in [-0.05, 0) is 42.5 Å². The van der Waals surface area contributed by atoms with Gasteiger partial charge in [0.1, 0.15) is 11.6 Å². The van der Waals surface area contributed by atoms with Crippen LogP contribution in [0.4, 0.5) is 39.5 Å². The van der Waals surface area contributed by atoms with E-state index in [1.165, 1.54) is 18.2 Å². The van der Waals surface area contributed by atoms with Crippen molar-refractivity contribution in [3.63, 3.8) is 0 Å². The molecule has 39 heavy (non-hydrogen) atoms. The zero-order valence-corrected chi connectivity index (χ0v) is 20.9. The summed E-state index contributed by atoms with van der Waals surface area (Å²) in [6.07, 6.45) is -2.97. The fourth-order valence-corrected chi connectivity index (χ4v) is 4.22. The van der Waals surface area contributed by atoms with Crippen molar-refractivity contribution in [3.05, 3.63) is 77.2 Å². The Morgan fingerprint density at radius 1 is 0.974 bits per heavy atom. The van der Waals surface area contributed by atoms with Gasteiger partial charge in [-0.1, -0.05) is 11.6 Å². The van der Waals surface area contributed by atoms with Gasteiger partial charge < -0.3 is 25.6 Å². The predicted molar refractivity (Wildman–Crippen MR) is 140 cm³/mol. The average Bonchev–Trinajstić information content (AvgIpc) is 2.91. The van der Waals surface area contributed by atoms with Crippen LogP contribution in [0.2, 0.25) is 5.02 Å². The number of urea groups is 1. The van der Waals surface area contributed by atoms with Crippen LogP contribution in [-0.2, 0) is 6.18 Å². The zero-order valence-electron chi connectivity index (χ0n) is 20.1. The van der Waals surface area contributed by atoms with Crippen LogP contribution in [0.1, 0.15) is 5.56 Å². The van der Waals surface area contributed by atoms with E-state index >= 15 is 0 Å². The van der Waals surface area contributed by atoms with E-state index in [9.17, 15) is 22.4 Å². The Hall–Kier alpha value is -4.16. The maximum atomic E-state index is 14.5. The molecule has 0 spiro atoms. The molecule has 13 heteroatoms. The molecule has 1 aliphatic heterocycles. The summed E-state index contributed by atoms with van der Waals surface area (Å²) < 4.78 is 59.5. The van der Waals surface area contributed by atoms with Gasteiger partial charge in [-0.3, -0.25) is 4.98 Å². The molecule has 1 fully saturated rings. The van der Waals surface area contributed by atoms with Gasteiger partial charge in [-0.2, -0.15) is 13.2 Å². The summed E-state index contributed by atoms with van der Waals surface area (Å²) in [5.41, 5.74) is 0.152. The minimum absolute atomic E-state index is 0.125. The molecule has 3 N–H and O–H groups in total. The van der Waals surface area contributed by atoms with Gasteiger partial charge in [0.05, 0.1) is 27.8 Å². The number of nitrogens with one attached hydrogen (secondary N) is 3. The first-order valence-electron chi connectivity index (χ1n) is 11.8. The average molecular weight is 561 g/mol. The summed E-state index contributed by atoms with van der Waals surface area (Å²) in [5.74, 6) is 0.168. The van der Waals surface area contributed by atoms with Crippen LogP contribution in [0.15, 0.2) is 60.8 Å². The van der Waals surface area contributed by atoms with Gasteiger partial charge in [0.15, 0.2) is 11.6 Å². The largest absolute Gasteiger partial charge is 0.454 e. The molecule has 5 rings (SSSR count). The molecule has 2 amide bonds. The summed E-state index contributed by atoms with van der Waals surface area (Å²) in [6, 6.07) is 10.7. The third-order valence-electron chi connectivity index (χ3n) is 5.89. The molecule has 0 aliphatic carbocycles. The Bertz CT molecular complexity index is 1530. The number of ether oxygens (including phenoxy) is 1. The van der Waals surface area contributed by atoms with Crippen LogP contribution in [0.25, 0.3) is 11.0 Å². The van der Waals surface area contributed by atoms with Crippen LogP contribution >= 0.6 is 11.6 Å². The monoisotopic (exact) mass is 560 g/mol. The molecule has 0 unspecified atom stereocenters. The number of carbonyl (C=O) groups is 1. The van der Waals surface area contributed by atoms with Gasteiger partial charge in [0, 0.05) is 49.7 Å². The molecule has 8 nitrogen and oxygen atoms in total. The molecule has 4 aromatic rings. The Balaban J connectivity index is 1.30. The number of halogens is 5. The number of hydrogen-bond donors (Lipinski definition) is 3. The fraction of sp³-hybridized carbons (Fsp3) is 0.192. The van der Waals surface area contributed by atoms with E-state index in [0.29, 0.717) is 16.8 Å². The van der Waals surface area contributed by atoms with Crippen molar-refractivity contribution in [2.45, 2.75) is 6.18 Å². The minimum Gasteiger partial charge on any atom is -0.454 e. The summed E-state index contributed by atoms with van der Waals surface area (Å²) in [4.78, 5) is 23.6. The highest BCUT2D eigenvalue weighted by Crippen LogP contribution is 2.36. The maximum absolute atomic E-state index is 14.5. The van der Waals surface area contributed by atoms with E-state index in [1.54, 1.807) is 24.4 Å². The molecule has 2 heterocycles. The van der Waals surface area contributed by atoms with Gasteiger partial charge in [0.2, 0.25) is 0 Å². The number of amides is 2. The van der Waals surface area contributed by atoms with E-state index in [-0.39, 0.29) is 17.1 Å². The van der Waals surface area contributed by atoms with Crippen molar-refractivity contribution in [2.24, 2.45) is 0 Å². The SMILES string of the molecule is O=C(Nc1ccc(F)c(Oc2ccc3ncc(N4CCNCC4)nc3c2)c1)Nc1ccc(Cl)c(C(F)(F)F)c1. The molecule has 0 saturated carbocycles. The van der Waals surface area contributed by atoms with Gasteiger partial charge in [-0.15, -0.1) is 0 Å².